The van der Waals surface area contributed by atoms with Gasteiger partial charge in [-0.05, 0) is 64.4 Å². The Morgan fingerprint density at radius 2 is 1.67 bits per heavy atom. The summed E-state index contributed by atoms with van der Waals surface area (Å²) in [7, 11) is -2.30. The predicted molar refractivity (Wildman–Crippen MR) is 141 cm³/mol. The van der Waals surface area contributed by atoms with Gasteiger partial charge in [0.1, 0.15) is 24.1 Å². The molecule has 10 heteroatoms. The molecule has 1 N–H and O–H groups in total. The summed E-state index contributed by atoms with van der Waals surface area (Å²) in [5.74, 6) is 0.133. The van der Waals surface area contributed by atoms with E-state index in [9.17, 15) is 18.0 Å². The van der Waals surface area contributed by atoms with Crippen LogP contribution in [0.2, 0.25) is 0 Å². The standard InChI is InChI=1S/C26H37N3O6S/c1-8-35-23-12-10-9-11-22(23)29(36(7,32)33)18-24(30)28(19(2)25(31)27-26(3,4)5)17-20-13-15-21(34-6)16-14-20/h9-16,19H,8,17-18H2,1-7H3,(H,27,31). The molecule has 1 unspecified atom stereocenters. The molecule has 0 spiro atoms. The molecule has 0 aliphatic heterocycles. The van der Waals surface area contributed by atoms with E-state index in [1.807, 2.05) is 20.8 Å². The number of benzene rings is 2. The zero-order valence-electron chi connectivity index (χ0n) is 22.1. The number of para-hydroxylation sites is 2. The summed E-state index contributed by atoms with van der Waals surface area (Å²) >= 11 is 0. The van der Waals surface area contributed by atoms with Crippen LogP contribution in [-0.2, 0) is 26.2 Å². The van der Waals surface area contributed by atoms with E-state index in [-0.39, 0.29) is 18.1 Å². The van der Waals surface area contributed by atoms with E-state index in [1.165, 1.54) is 4.90 Å². The van der Waals surface area contributed by atoms with Crippen molar-refractivity contribution in [3.05, 3.63) is 54.1 Å². The van der Waals surface area contributed by atoms with Crippen LogP contribution < -0.4 is 19.1 Å². The lowest BCUT2D eigenvalue weighted by Gasteiger charge is -2.33. The topological polar surface area (TPSA) is 105 Å². The molecular formula is C26H37N3O6S. The summed E-state index contributed by atoms with van der Waals surface area (Å²) in [4.78, 5) is 28.0. The lowest BCUT2D eigenvalue weighted by atomic mass is 10.1. The molecule has 0 aliphatic carbocycles. The van der Waals surface area contributed by atoms with Crippen molar-refractivity contribution < 1.29 is 27.5 Å². The first-order valence-corrected chi connectivity index (χ1v) is 13.6. The number of anilines is 1. The van der Waals surface area contributed by atoms with Gasteiger partial charge >= 0.3 is 0 Å². The second-order valence-electron chi connectivity index (χ2n) is 9.46. The second kappa shape index (κ2) is 12.1. The number of nitrogens with one attached hydrogen (secondary N) is 1. The lowest BCUT2D eigenvalue weighted by Crippen LogP contribution is -2.54. The molecule has 9 nitrogen and oxygen atoms in total. The molecule has 0 saturated heterocycles. The summed E-state index contributed by atoms with van der Waals surface area (Å²) in [5.41, 5.74) is 0.515. The molecule has 0 fully saturated rings. The lowest BCUT2D eigenvalue weighted by molar-refractivity contribution is -0.140. The fraction of sp³-hybridized carbons (Fsp3) is 0.462. The van der Waals surface area contributed by atoms with Crippen molar-refractivity contribution in [2.75, 3.05) is 30.8 Å². The predicted octanol–water partition coefficient (Wildman–Crippen LogP) is 3.19. The third-order valence-corrected chi connectivity index (χ3v) is 6.42. The largest absolute Gasteiger partial charge is 0.497 e. The van der Waals surface area contributed by atoms with Crippen LogP contribution in [0.15, 0.2) is 48.5 Å². The molecule has 0 radical (unpaired) electrons. The quantitative estimate of drug-likeness (QED) is 0.489. The Kier molecular flexibility index (Phi) is 9.75. The Bertz CT molecular complexity index is 1140. The molecule has 0 aromatic heterocycles. The van der Waals surface area contributed by atoms with Crippen molar-refractivity contribution in [2.45, 2.75) is 52.7 Å². The summed E-state index contributed by atoms with van der Waals surface area (Å²) in [6.07, 6.45) is 1.03. The van der Waals surface area contributed by atoms with Crippen molar-refractivity contribution >= 4 is 27.5 Å². The summed E-state index contributed by atoms with van der Waals surface area (Å²) in [6.45, 7) is 8.91. The monoisotopic (exact) mass is 519 g/mol. The Morgan fingerprint density at radius 1 is 1.06 bits per heavy atom. The van der Waals surface area contributed by atoms with Crippen molar-refractivity contribution in [3.63, 3.8) is 0 Å². The molecule has 2 rings (SSSR count). The van der Waals surface area contributed by atoms with Crippen molar-refractivity contribution in [1.29, 1.82) is 0 Å². The highest BCUT2D eigenvalue weighted by Crippen LogP contribution is 2.30. The van der Waals surface area contributed by atoms with Crippen LogP contribution >= 0.6 is 0 Å². The van der Waals surface area contributed by atoms with Crippen molar-refractivity contribution in [2.24, 2.45) is 0 Å². The molecule has 0 saturated carbocycles. The highest BCUT2D eigenvalue weighted by Gasteiger charge is 2.32. The van der Waals surface area contributed by atoms with Crippen LogP contribution in [0.1, 0.15) is 40.2 Å². The van der Waals surface area contributed by atoms with Crippen LogP contribution in [0.25, 0.3) is 0 Å². The van der Waals surface area contributed by atoms with E-state index >= 15 is 0 Å². The summed E-state index contributed by atoms with van der Waals surface area (Å²) < 4.78 is 37.4. The van der Waals surface area contributed by atoms with Gasteiger partial charge in [0.25, 0.3) is 0 Å². The zero-order valence-corrected chi connectivity index (χ0v) is 22.9. The maximum Gasteiger partial charge on any atom is 0.244 e. The Morgan fingerprint density at radius 3 is 2.19 bits per heavy atom. The summed E-state index contributed by atoms with van der Waals surface area (Å²) in [5, 5.41) is 2.89. The van der Waals surface area contributed by atoms with Crippen molar-refractivity contribution in [1.82, 2.24) is 10.2 Å². The number of hydrogen-bond acceptors (Lipinski definition) is 6. The van der Waals surface area contributed by atoms with Crippen LogP contribution in [0, 0.1) is 0 Å². The van der Waals surface area contributed by atoms with E-state index in [4.69, 9.17) is 9.47 Å². The number of rotatable bonds is 11. The molecule has 198 valence electrons. The van der Waals surface area contributed by atoms with Gasteiger partial charge in [-0.15, -0.1) is 0 Å². The minimum Gasteiger partial charge on any atom is -0.497 e. The molecular weight excluding hydrogens is 482 g/mol. The van der Waals surface area contributed by atoms with E-state index in [0.29, 0.717) is 18.1 Å². The number of nitrogens with zero attached hydrogens (tertiary/aromatic N) is 2. The first-order chi connectivity index (χ1) is 16.8. The number of methoxy groups -OCH3 is 1. The Labute approximate surface area is 214 Å². The highest BCUT2D eigenvalue weighted by atomic mass is 32.2. The van der Waals surface area contributed by atoms with Crippen LogP contribution in [0.3, 0.4) is 0 Å². The van der Waals surface area contributed by atoms with Crippen LogP contribution in [0.5, 0.6) is 11.5 Å². The van der Waals surface area contributed by atoms with Crippen molar-refractivity contribution in [3.8, 4) is 11.5 Å². The van der Waals surface area contributed by atoms with E-state index < -0.39 is 34.1 Å². The highest BCUT2D eigenvalue weighted by molar-refractivity contribution is 7.92. The third kappa shape index (κ3) is 8.15. The molecule has 2 aromatic carbocycles. The van der Waals surface area contributed by atoms with Gasteiger partial charge in [0, 0.05) is 12.1 Å². The Balaban J connectivity index is 2.44. The average molecular weight is 520 g/mol. The van der Waals surface area contributed by atoms with Gasteiger partial charge in [-0.3, -0.25) is 13.9 Å². The third-order valence-electron chi connectivity index (χ3n) is 5.29. The number of carbonyl (C=O) groups is 2. The average Bonchev–Trinajstić information content (AvgIpc) is 2.79. The van der Waals surface area contributed by atoms with E-state index in [2.05, 4.69) is 5.32 Å². The van der Waals surface area contributed by atoms with Gasteiger partial charge in [0.05, 0.1) is 25.7 Å². The number of carbonyl (C=O) groups excluding carboxylic acids is 2. The molecule has 0 bridgehead atoms. The van der Waals surface area contributed by atoms with Gasteiger partial charge < -0.3 is 19.7 Å². The van der Waals surface area contributed by atoms with Crippen LogP contribution in [0.4, 0.5) is 5.69 Å². The second-order valence-corrected chi connectivity index (χ2v) is 11.4. The Hall–Kier alpha value is -3.27. The normalized spacial score (nSPS) is 12.4. The molecule has 36 heavy (non-hydrogen) atoms. The maximum absolute atomic E-state index is 13.7. The fourth-order valence-corrected chi connectivity index (χ4v) is 4.37. The number of amides is 2. The molecule has 2 aromatic rings. The minimum atomic E-state index is -3.86. The molecule has 0 heterocycles. The SMILES string of the molecule is CCOc1ccccc1N(CC(=O)N(Cc1ccc(OC)cc1)C(C)C(=O)NC(C)(C)C)S(C)(=O)=O. The zero-order chi connectivity index (χ0) is 27.1. The van der Waals surface area contributed by atoms with Gasteiger partial charge in [-0.1, -0.05) is 24.3 Å². The maximum atomic E-state index is 13.7. The first kappa shape index (κ1) is 29.0. The molecule has 1 atom stereocenters. The molecule has 0 aliphatic rings. The van der Waals surface area contributed by atoms with Gasteiger partial charge in [0.2, 0.25) is 21.8 Å². The van der Waals surface area contributed by atoms with E-state index in [0.717, 1.165) is 16.1 Å². The van der Waals surface area contributed by atoms with Gasteiger partial charge in [0.15, 0.2) is 0 Å². The van der Waals surface area contributed by atoms with Crippen LogP contribution in [-0.4, -0.2) is 63.2 Å². The smallest absolute Gasteiger partial charge is 0.244 e. The number of ether oxygens (including phenoxy) is 2. The summed E-state index contributed by atoms with van der Waals surface area (Å²) in [6, 6.07) is 12.9. The molecule has 2 amide bonds. The number of hydrogen-bond donors (Lipinski definition) is 1. The van der Waals surface area contributed by atoms with E-state index in [1.54, 1.807) is 69.5 Å². The van der Waals surface area contributed by atoms with Gasteiger partial charge in [-0.25, -0.2) is 8.42 Å². The fourth-order valence-electron chi connectivity index (χ4n) is 3.52. The number of sulfonamides is 1. The van der Waals surface area contributed by atoms with Gasteiger partial charge in [-0.2, -0.15) is 0 Å². The first-order valence-electron chi connectivity index (χ1n) is 11.7. The minimum absolute atomic E-state index is 0.103.